The monoisotopic (exact) mass is 232 g/mol. The number of hydrogen-bond donors (Lipinski definition) is 0. The van der Waals surface area contributed by atoms with Crippen LogP contribution in [0.1, 0.15) is 44.7 Å². The third kappa shape index (κ3) is 5.08. The van der Waals surface area contributed by atoms with Crippen LogP contribution in [0.2, 0.25) is 0 Å². The van der Waals surface area contributed by atoms with Gasteiger partial charge >= 0.3 is 0 Å². The lowest BCUT2D eigenvalue weighted by Gasteiger charge is -2.19. The minimum absolute atomic E-state index is 0.246. The lowest BCUT2D eigenvalue weighted by atomic mass is 9.86. The molecule has 0 amide bonds. The van der Waals surface area contributed by atoms with Crippen LogP contribution in [-0.2, 0) is 16.6 Å². The molecule has 0 fully saturated rings. The molecule has 0 aromatic heterocycles. The van der Waals surface area contributed by atoms with Crippen LogP contribution in [0.3, 0.4) is 0 Å². The largest absolute Gasteiger partial charge is 0.502 e. The normalized spacial score (nSPS) is 11.2. The molecule has 0 spiro atoms. The molecule has 1 aromatic carbocycles. The highest BCUT2D eigenvalue weighted by atomic mass is 16.5. The summed E-state index contributed by atoms with van der Waals surface area (Å²) < 4.78 is 5.10. The summed E-state index contributed by atoms with van der Waals surface area (Å²) in [5, 5.41) is 0. The third-order valence-corrected chi connectivity index (χ3v) is 2.92. The first-order valence-corrected chi connectivity index (χ1v) is 6.36. The van der Waals surface area contributed by atoms with E-state index in [0.717, 1.165) is 19.4 Å². The van der Waals surface area contributed by atoms with Gasteiger partial charge in [0, 0.05) is 0 Å². The predicted octanol–water partition coefficient (Wildman–Crippen LogP) is 4.47. The van der Waals surface area contributed by atoms with Gasteiger partial charge in [-0.1, -0.05) is 51.6 Å². The molecular weight excluding hydrogens is 208 g/mol. The van der Waals surface area contributed by atoms with E-state index in [4.69, 9.17) is 4.74 Å². The zero-order valence-corrected chi connectivity index (χ0v) is 11.3. The van der Waals surface area contributed by atoms with Gasteiger partial charge in [0.15, 0.2) is 0 Å². The average molecular weight is 232 g/mol. The van der Waals surface area contributed by atoms with Crippen molar-refractivity contribution >= 4 is 0 Å². The van der Waals surface area contributed by atoms with Gasteiger partial charge in [0.2, 0.25) is 0 Å². The smallest absolute Gasteiger partial charge is 0.0873 e. The van der Waals surface area contributed by atoms with E-state index in [1.54, 1.807) is 0 Å². The fourth-order valence-electron chi connectivity index (χ4n) is 1.77. The van der Waals surface area contributed by atoms with E-state index in [1.807, 2.05) is 0 Å². The molecule has 1 nitrogen and oxygen atoms in total. The number of hydrogen-bond acceptors (Lipinski definition) is 1. The van der Waals surface area contributed by atoms with Gasteiger partial charge in [-0.15, -0.1) is 0 Å². The van der Waals surface area contributed by atoms with Gasteiger partial charge in [0.25, 0.3) is 0 Å². The molecular formula is C16H24O. The molecule has 0 N–H and O–H groups in total. The molecule has 0 bridgehead atoms. The molecule has 0 unspecified atom stereocenters. The van der Waals surface area contributed by atoms with Gasteiger partial charge in [0.05, 0.1) is 12.9 Å². The Bertz CT molecular complexity index is 330. The second-order valence-electron chi connectivity index (χ2n) is 5.44. The molecule has 0 saturated carbocycles. The highest BCUT2D eigenvalue weighted by Gasteiger charge is 2.12. The van der Waals surface area contributed by atoms with Crippen molar-refractivity contribution in [3.05, 3.63) is 48.2 Å². The zero-order valence-electron chi connectivity index (χ0n) is 11.3. The van der Waals surface area contributed by atoms with E-state index in [0.29, 0.717) is 0 Å². The Labute approximate surface area is 106 Å². The standard InChI is InChI=1S/C16H24O/c1-5-17-13-7-6-8-14-9-11-15(12-10-14)16(2,3)4/h5,9-12H,1,6-8,13H2,2-4H3. The maximum absolute atomic E-state index is 5.10. The van der Waals surface area contributed by atoms with Crippen LogP contribution in [0.25, 0.3) is 0 Å². The van der Waals surface area contributed by atoms with Gasteiger partial charge in [-0.25, -0.2) is 0 Å². The van der Waals surface area contributed by atoms with Crippen molar-refractivity contribution in [2.45, 2.75) is 45.4 Å². The van der Waals surface area contributed by atoms with Gasteiger partial charge < -0.3 is 4.74 Å². The van der Waals surface area contributed by atoms with Crippen LogP contribution in [0.5, 0.6) is 0 Å². The Morgan fingerprint density at radius 2 is 1.76 bits per heavy atom. The highest BCUT2D eigenvalue weighted by molar-refractivity contribution is 5.27. The van der Waals surface area contributed by atoms with Gasteiger partial charge in [-0.05, 0) is 35.8 Å². The topological polar surface area (TPSA) is 9.23 Å². The fraction of sp³-hybridized carbons (Fsp3) is 0.500. The van der Waals surface area contributed by atoms with Crippen molar-refractivity contribution in [3.8, 4) is 0 Å². The lowest BCUT2D eigenvalue weighted by molar-refractivity contribution is 0.243. The summed E-state index contributed by atoms with van der Waals surface area (Å²) in [6, 6.07) is 8.98. The number of rotatable bonds is 6. The van der Waals surface area contributed by atoms with Crippen LogP contribution in [0.4, 0.5) is 0 Å². The molecule has 17 heavy (non-hydrogen) atoms. The summed E-state index contributed by atoms with van der Waals surface area (Å²) in [4.78, 5) is 0. The summed E-state index contributed by atoms with van der Waals surface area (Å²) in [5.74, 6) is 0. The molecule has 0 atom stereocenters. The molecule has 0 radical (unpaired) electrons. The fourth-order valence-corrected chi connectivity index (χ4v) is 1.77. The second-order valence-corrected chi connectivity index (χ2v) is 5.44. The molecule has 0 saturated heterocycles. The first kappa shape index (κ1) is 13.8. The molecule has 0 aliphatic carbocycles. The first-order valence-electron chi connectivity index (χ1n) is 6.36. The summed E-state index contributed by atoms with van der Waals surface area (Å²) in [6.45, 7) is 11.0. The lowest BCUT2D eigenvalue weighted by Crippen LogP contribution is -2.10. The maximum Gasteiger partial charge on any atom is 0.0873 e. The minimum atomic E-state index is 0.246. The van der Waals surface area contributed by atoms with E-state index >= 15 is 0 Å². The van der Waals surface area contributed by atoms with Crippen LogP contribution < -0.4 is 0 Å². The molecule has 1 heteroatoms. The van der Waals surface area contributed by atoms with Gasteiger partial charge in [-0.3, -0.25) is 0 Å². The van der Waals surface area contributed by atoms with E-state index in [1.165, 1.54) is 23.8 Å². The van der Waals surface area contributed by atoms with Crippen molar-refractivity contribution in [1.82, 2.24) is 0 Å². The summed E-state index contributed by atoms with van der Waals surface area (Å²) in [6.07, 6.45) is 4.90. The Morgan fingerprint density at radius 1 is 1.12 bits per heavy atom. The molecule has 1 rings (SSSR count). The van der Waals surface area contributed by atoms with Crippen molar-refractivity contribution in [2.24, 2.45) is 0 Å². The molecule has 94 valence electrons. The number of aryl methyl sites for hydroxylation is 1. The molecule has 0 heterocycles. The number of ether oxygens (including phenoxy) is 1. The highest BCUT2D eigenvalue weighted by Crippen LogP contribution is 2.22. The summed E-state index contributed by atoms with van der Waals surface area (Å²) >= 11 is 0. The number of benzene rings is 1. The quantitative estimate of drug-likeness (QED) is 0.519. The van der Waals surface area contributed by atoms with Crippen LogP contribution in [0.15, 0.2) is 37.1 Å². The van der Waals surface area contributed by atoms with Crippen molar-refractivity contribution < 1.29 is 4.74 Å². The average Bonchev–Trinajstić information content (AvgIpc) is 2.28. The summed E-state index contributed by atoms with van der Waals surface area (Å²) in [7, 11) is 0. The van der Waals surface area contributed by atoms with Crippen LogP contribution in [-0.4, -0.2) is 6.61 Å². The van der Waals surface area contributed by atoms with Crippen molar-refractivity contribution in [2.75, 3.05) is 6.61 Å². The molecule has 1 aromatic rings. The third-order valence-electron chi connectivity index (χ3n) is 2.92. The van der Waals surface area contributed by atoms with Gasteiger partial charge in [0.1, 0.15) is 0 Å². The molecule has 0 aliphatic rings. The Hall–Kier alpha value is -1.24. The van der Waals surface area contributed by atoms with Crippen LogP contribution in [0, 0.1) is 0 Å². The predicted molar refractivity (Wildman–Crippen MR) is 74.2 cm³/mol. The van der Waals surface area contributed by atoms with E-state index in [2.05, 4.69) is 51.6 Å². The summed E-state index contributed by atoms with van der Waals surface area (Å²) in [5.41, 5.74) is 3.06. The maximum atomic E-state index is 5.10. The van der Waals surface area contributed by atoms with Gasteiger partial charge in [-0.2, -0.15) is 0 Å². The van der Waals surface area contributed by atoms with Crippen LogP contribution >= 0.6 is 0 Å². The Morgan fingerprint density at radius 3 is 2.29 bits per heavy atom. The second kappa shape index (κ2) is 6.48. The minimum Gasteiger partial charge on any atom is -0.502 e. The van der Waals surface area contributed by atoms with E-state index in [-0.39, 0.29) is 5.41 Å². The van der Waals surface area contributed by atoms with E-state index < -0.39 is 0 Å². The van der Waals surface area contributed by atoms with E-state index in [9.17, 15) is 0 Å². The van der Waals surface area contributed by atoms with Crippen molar-refractivity contribution in [1.29, 1.82) is 0 Å². The van der Waals surface area contributed by atoms with Crippen molar-refractivity contribution in [3.63, 3.8) is 0 Å². The Balaban J connectivity index is 2.38. The zero-order chi connectivity index (χ0) is 12.7. The first-order chi connectivity index (χ1) is 8.04. The molecule has 0 aliphatic heterocycles. The number of unbranched alkanes of at least 4 members (excludes halogenated alkanes) is 1. The SMILES string of the molecule is C=COCCCCc1ccc(C(C)(C)C)cc1. The Kier molecular flexibility index (Phi) is 5.27.